The number of amides is 1. The van der Waals surface area contributed by atoms with Gasteiger partial charge in [-0.25, -0.2) is 0 Å². The van der Waals surface area contributed by atoms with Gasteiger partial charge in [-0.05, 0) is 0 Å². The van der Waals surface area contributed by atoms with E-state index in [0.29, 0.717) is 5.56 Å². The van der Waals surface area contributed by atoms with Crippen LogP contribution in [0.4, 0.5) is 5.69 Å². The molecule has 0 aliphatic rings. The van der Waals surface area contributed by atoms with Gasteiger partial charge in [-0.15, -0.1) is 0 Å². The molecule has 2 rings (SSSR count). The van der Waals surface area contributed by atoms with Gasteiger partial charge >= 0.3 is 109 Å². The number of hydrogen-bond acceptors (Lipinski definition) is 1. The minimum atomic E-state index is -0.0666. The molecule has 0 spiro atoms. The van der Waals surface area contributed by atoms with Crippen molar-refractivity contribution in [1.82, 2.24) is 0 Å². The van der Waals surface area contributed by atoms with E-state index in [0.717, 1.165) is 11.3 Å². The second kappa shape index (κ2) is 5.20. The number of carbonyl (C=O) groups is 1. The molecule has 0 saturated heterocycles. The van der Waals surface area contributed by atoms with Crippen LogP contribution in [-0.2, 0) is 0 Å². The summed E-state index contributed by atoms with van der Waals surface area (Å²) in [5, 5.41) is 2.88. The maximum atomic E-state index is 11.9. The standard InChI is InChI=1S/C14H14AsNO/c1-10-3-2-4-11(9-10)14(17)16-13-7-5-12(15)6-8-13/h2-9H,15H2,1H3,(H,16,17). The van der Waals surface area contributed by atoms with E-state index in [9.17, 15) is 4.79 Å². The van der Waals surface area contributed by atoms with Crippen LogP contribution in [0.2, 0.25) is 0 Å². The third-order valence-corrected chi connectivity index (χ3v) is 3.26. The molecule has 0 heterocycles. The molecular weight excluding hydrogens is 273 g/mol. The van der Waals surface area contributed by atoms with Crippen LogP contribution in [0.1, 0.15) is 15.9 Å². The van der Waals surface area contributed by atoms with Crippen molar-refractivity contribution >= 4 is 32.8 Å². The second-order valence-electron chi connectivity index (χ2n) is 3.95. The van der Waals surface area contributed by atoms with E-state index in [1.54, 1.807) is 16.9 Å². The molecule has 2 aromatic rings. The molecule has 2 nitrogen and oxygen atoms in total. The molecular formula is C14H14AsNO. The first-order chi connectivity index (χ1) is 8.15. The molecule has 0 fully saturated rings. The third-order valence-electron chi connectivity index (χ3n) is 2.45. The van der Waals surface area contributed by atoms with Crippen molar-refractivity contribution in [2.24, 2.45) is 0 Å². The molecule has 3 heteroatoms. The van der Waals surface area contributed by atoms with E-state index in [1.165, 1.54) is 4.35 Å². The Kier molecular flexibility index (Phi) is 3.65. The monoisotopic (exact) mass is 287 g/mol. The van der Waals surface area contributed by atoms with E-state index in [1.807, 2.05) is 55.5 Å². The fourth-order valence-corrected chi connectivity index (χ4v) is 1.96. The van der Waals surface area contributed by atoms with Gasteiger partial charge in [-0.1, -0.05) is 0 Å². The molecule has 1 atom stereocenters. The van der Waals surface area contributed by atoms with Crippen molar-refractivity contribution in [2.45, 2.75) is 6.92 Å². The Bertz CT molecular complexity index is 534. The van der Waals surface area contributed by atoms with Gasteiger partial charge in [0.2, 0.25) is 0 Å². The first kappa shape index (κ1) is 11.9. The van der Waals surface area contributed by atoms with Gasteiger partial charge in [-0.3, -0.25) is 0 Å². The first-order valence-electron chi connectivity index (χ1n) is 5.39. The molecule has 86 valence electrons. The van der Waals surface area contributed by atoms with Crippen molar-refractivity contribution in [2.75, 3.05) is 5.32 Å². The van der Waals surface area contributed by atoms with Crippen molar-refractivity contribution in [3.05, 3.63) is 59.7 Å². The number of aryl methyl sites for hydroxylation is 1. The topological polar surface area (TPSA) is 29.1 Å². The molecule has 2 aromatic carbocycles. The Hall–Kier alpha value is -1.53. The third kappa shape index (κ3) is 3.21. The van der Waals surface area contributed by atoms with Crippen molar-refractivity contribution in [1.29, 1.82) is 0 Å². The Morgan fingerprint density at radius 2 is 1.82 bits per heavy atom. The Morgan fingerprint density at radius 3 is 2.47 bits per heavy atom. The van der Waals surface area contributed by atoms with Gasteiger partial charge in [0.15, 0.2) is 0 Å². The van der Waals surface area contributed by atoms with E-state index in [2.05, 4.69) is 5.32 Å². The Morgan fingerprint density at radius 1 is 1.12 bits per heavy atom. The summed E-state index contributed by atoms with van der Waals surface area (Å²) in [7, 11) is 0. The van der Waals surface area contributed by atoms with Crippen LogP contribution < -0.4 is 9.67 Å². The van der Waals surface area contributed by atoms with E-state index in [4.69, 9.17) is 0 Å². The molecule has 0 saturated carbocycles. The normalized spacial score (nSPS) is 10.0. The fraction of sp³-hybridized carbons (Fsp3) is 0.0714. The van der Waals surface area contributed by atoms with Crippen molar-refractivity contribution in [3.8, 4) is 0 Å². The van der Waals surface area contributed by atoms with Crippen molar-refractivity contribution in [3.63, 3.8) is 0 Å². The summed E-state index contributed by atoms with van der Waals surface area (Å²) in [4.78, 5) is 11.9. The average molecular weight is 287 g/mol. The first-order valence-corrected chi connectivity index (χ1v) is 6.60. The van der Waals surface area contributed by atoms with Crippen LogP contribution in [0.3, 0.4) is 0 Å². The molecule has 1 amide bonds. The SMILES string of the molecule is Cc1cccc(C(=O)Nc2ccc([AsH2])cc2)c1. The fourth-order valence-electron chi connectivity index (χ4n) is 1.56. The summed E-state index contributed by atoms with van der Waals surface area (Å²) in [5.74, 6) is -0.0666. The van der Waals surface area contributed by atoms with Crippen LogP contribution in [-0.4, -0.2) is 22.8 Å². The zero-order valence-corrected chi connectivity index (χ0v) is 12.0. The molecule has 17 heavy (non-hydrogen) atoms. The number of nitrogens with one attached hydrogen (secondary N) is 1. The predicted octanol–water partition coefficient (Wildman–Crippen LogP) is 1.51. The van der Waals surface area contributed by atoms with Gasteiger partial charge < -0.3 is 0 Å². The van der Waals surface area contributed by atoms with Gasteiger partial charge in [0.05, 0.1) is 0 Å². The second-order valence-corrected chi connectivity index (χ2v) is 5.34. The summed E-state index contributed by atoms with van der Waals surface area (Å²) in [6, 6.07) is 15.4. The minimum absolute atomic E-state index is 0.0666. The van der Waals surface area contributed by atoms with Gasteiger partial charge in [-0.2, -0.15) is 0 Å². The molecule has 1 N–H and O–H groups in total. The maximum absolute atomic E-state index is 11.9. The number of anilines is 1. The Balaban J connectivity index is 2.14. The van der Waals surface area contributed by atoms with Crippen molar-refractivity contribution < 1.29 is 4.79 Å². The summed E-state index contributed by atoms with van der Waals surface area (Å²) < 4.78 is 1.24. The van der Waals surface area contributed by atoms with Crippen LogP contribution in [0.15, 0.2) is 48.5 Å². The van der Waals surface area contributed by atoms with Crippen LogP contribution >= 0.6 is 0 Å². The summed E-state index contributed by atoms with van der Waals surface area (Å²) in [5.41, 5.74) is 2.61. The summed E-state index contributed by atoms with van der Waals surface area (Å²) in [6.07, 6.45) is 0. The van der Waals surface area contributed by atoms with Crippen LogP contribution in [0, 0.1) is 6.92 Å². The van der Waals surface area contributed by atoms with E-state index >= 15 is 0 Å². The molecule has 0 aliphatic heterocycles. The van der Waals surface area contributed by atoms with Gasteiger partial charge in [0.25, 0.3) is 0 Å². The van der Waals surface area contributed by atoms with E-state index < -0.39 is 0 Å². The predicted molar refractivity (Wildman–Crippen MR) is 73.8 cm³/mol. The summed E-state index contributed by atoms with van der Waals surface area (Å²) >= 11 is 1.58. The molecule has 0 aromatic heterocycles. The number of benzene rings is 2. The number of hydrogen-bond donors (Lipinski definition) is 1. The van der Waals surface area contributed by atoms with Crippen LogP contribution in [0.5, 0.6) is 0 Å². The Labute approximate surface area is 110 Å². The molecule has 0 aliphatic carbocycles. The molecule has 0 radical (unpaired) electrons. The zero-order chi connectivity index (χ0) is 12.3. The molecule has 0 bridgehead atoms. The zero-order valence-electron chi connectivity index (χ0n) is 9.60. The number of rotatable bonds is 2. The summed E-state index contributed by atoms with van der Waals surface area (Å²) in [6.45, 7) is 1.98. The molecule has 1 unspecified atom stereocenters. The van der Waals surface area contributed by atoms with Crippen LogP contribution in [0.25, 0.3) is 0 Å². The van der Waals surface area contributed by atoms with Gasteiger partial charge in [0, 0.05) is 0 Å². The van der Waals surface area contributed by atoms with Gasteiger partial charge in [0.1, 0.15) is 0 Å². The average Bonchev–Trinajstić information content (AvgIpc) is 2.32. The number of carbonyl (C=O) groups excluding carboxylic acids is 1. The quantitative estimate of drug-likeness (QED) is 0.833. The van der Waals surface area contributed by atoms with E-state index in [-0.39, 0.29) is 5.91 Å².